The zero-order valence-electron chi connectivity index (χ0n) is 13.9. The molecule has 2 heterocycles. The Balaban J connectivity index is 1.58. The van der Waals surface area contributed by atoms with Crippen LogP contribution in [-0.2, 0) is 6.54 Å². The number of rotatable bonds is 5. The first-order valence-electron chi connectivity index (χ1n) is 7.76. The van der Waals surface area contributed by atoms with Gasteiger partial charge in [-0.3, -0.25) is 5.32 Å². The Bertz CT molecular complexity index is 885. The minimum atomic E-state index is -0.471. The van der Waals surface area contributed by atoms with Crippen LogP contribution in [0.15, 0.2) is 55.0 Å². The first-order valence-corrected chi connectivity index (χ1v) is 7.76. The zero-order chi connectivity index (χ0) is 18.4. The number of pyridine rings is 1. The van der Waals surface area contributed by atoms with Gasteiger partial charge in [0.15, 0.2) is 0 Å². The topological polar surface area (TPSA) is 89.0 Å². The largest absolute Gasteiger partial charge is 0.467 e. The predicted molar refractivity (Wildman–Crippen MR) is 94.1 cm³/mol. The van der Waals surface area contributed by atoms with Crippen molar-refractivity contribution in [1.29, 1.82) is 0 Å². The maximum atomic E-state index is 13.5. The number of nitrogens with one attached hydrogen (secondary N) is 2. The maximum Gasteiger partial charge on any atom is 0.320 e. The Hall–Kier alpha value is -3.55. The third kappa shape index (κ3) is 4.29. The fourth-order valence-electron chi connectivity index (χ4n) is 2.19. The van der Waals surface area contributed by atoms with Gasteiger partial charge in [-0.15, -0.1) is 0 Å². The molecule has 0 saturated carbocycles. The van der Waals surface area contributed by atoms with Crippen molar-refractivity contribution >= 4 is 11.8 Å². The minimum absolute atomic E-state index is 0.0831. The molecular formula is C18H16FN5O2. The van der Waals surface area contributed by atoms with Crippen molar-refractivity contribution in [2.75, 3.05) is 12.4 Å². The highest BCUT2D eigenvalue weighted by molar-refractivity contribution is 5.88. The van der Waals surface area contributed by atoms with Crippen molar-refractivity contribution in [2.45, 2.75) is 6.54 Å². The molecule has 0 bridgehead atoms. The number of nitrogens with zero attached hydrogens (tertiary/aromatic N) is 3. The Morgan fingerprint density at radius 1 is 1.04 bits per heavy atom. The van der Waals surface area contributed by atoms with Gasteiger partial charge in [-0.05, 0) is 18.2 Å². The summed E-state index contributed by atoms with van der Waals surface area (Å²) >= 11 is 0. The van der Waals surface area contributed by atoms with E-state index < -0.39 is 6.03 Å². The molecule has 0 unspecified atom stereocenters. The van der Waals surface area contributed by atoms with E-state index in [1.54, 1.807) is 48.9 Å². The van der Waals surface area contributed by atoms with Crippen molar-refractivity contribution in [1.82, 2.24) is 20.3 Å². The highest BCUT2D eigenvalue weighted by Crippen LogP contribution is 2.19. The molecule has 0 aliphatic heterocycles. The first-order chi connectivity index (χ1) is 12.7. The van der Waals surface area contributed by atoms with Crippen LogP contribution in [-0.4, -0.2) is 28.1 Å². The van der Waals surface area contributed by atoms with E-state index in [0.29, 0.717) is 11.4 Å². The van der Waals surface area contributed by atoms with E-state index in [2.05, 4.69) is 25.6 Å². The monoisotopic (exact) mass is 353 g/mol. The Morgan fingerprint density at radius 3 is 2.42 bits per heavy atom. The standard InChI is InChI=1S/C18H16FN5O2/c1-26-18-22-10-14(11-23-18)12-6-7-16(20-8-12)24-17(25)21-9-13-4-2-3-5-15(13)19/h2-8,10-11H,9H2,1H3,(H2,20,21,24,25). The van der Waals surface area contributed by atoms with Crippen LogP contribution in [0.3, 0.4) is 0 Å². The lowest BCUT2D eigenvalue weighted by atomic mass is 10.1. The molecule has 2 aromatic heterocycles. The molecule has 8 heteroatoms. The molecule has 0 spiro atoms. The van der Waals surface area contributed by atoms with Gasteiger partial charge in [0, 0.05) is 41.8 Å². The Labute approximate surface area is 149 Å². The summed E-state index contributed by atoms with van der Waals surface area (Å²) in [7, 11) is 1.49. The van der Waals surface area contributed by atoms with Crippen molar-refractivity contribution < 1.29 is 13.9 Å². The molecule has 132 valence electrons. The number of carbonyl (C=O) groups excluding carboxylic acids is 1. The van der Waals surface area contributed by atoms with E-state index >= 15 is 0 Å². The summed E-state index contributed by atoms with van der Waals surface area (Å²) in [5.74, 6) is 0.00574. The number of methoxy groups -OCH3 is 1. The molecule has 3 aromatic rings. The van der Waals surface area contributed by atoms with Gasteiger partial charge in [-0.1, -0.05) is 18.2 Å². The minimum Gasteiger partial charge on any atom is -0.467 e. The van der Waals surface area contributed by atoms with Crippen molar-refractivity contribution in [3.05, 3.63) is 66.4 Å². The van der Waals surface area contributed by atoms with Crippen molar-refractivity contribution in [3.63, 3.8) is 0 Å². The number of carbonyl (C=O) groups is 1. The van der Waals surface area contributed by atoms with Gasteiger partial charge in [-0.2, -0.15) is 0 Å². The molecule has 2 amide bonds. The second-order valence-electron chi connectivity index (χ2n) is 5.29. The maximum absolute atomic E-state index is 13.5. The van der Waals surface area contributed by atoms with Gasteiger partial charge in [0.25, 0.3) is 0 Å². The average molecular weight is 353 g/mol. The summed E-state index contributed by atoms with van der Waals surface area (Å²) in [5, 5.41) is 5.18. The SMILES string of the molecule is COc1ncc(-c2ccc(NC(=O)NCc3ccccc3F)nc2)cn1. The molecular weight excluding hydrogens is 337 g/mol. The number of hydrogen-bond donors (Lipinski definition) is 2. The van der Waals surface area contributed by atoms with E-state index in [4.69, 9.17) is 4.74 Å². The fourth-order valence-corrected chi connectivity index (χ4v) is 2.19. The van der Waals surface area contributed by atoms with Crippen LogP contribution in [0, 0.1) is 5.82 Å². The lowest BCUT2D eigenvalue weighted by Gasteiger charge is -2.08. The van der Waals surface area contributed by atoms with Gasteiger partial charge in [-0.25, -0.2) is 24.1 Å². The van der Waals surface area contributed by atoms with Crippen molar-refractivity contribution in [3.8, 4) is 17.1 Å². The van der Waals surface area contributed by atoms with E-state index in [0.717, 1.165) is 11.1 Å². The van der Waals surface area contributed by atoms with Gasteiger partial charge in [0.2, 0.25) is 0 Å². The molecule has 0 radical (unpaired) electrons. The summed E-state index contributed by atoms with van der Waals surface area (Å²) in [4.78, 5) is 24.1. The quantitative estimate of drug-likeness (QED) is 0.736. The van der Waals surface area contributed by atoms with Crippen LogP contribution in [0.25, 0.3) is 11.1 Å². The van der Waals surface area contributed by atoms with Gasteiger partial charge >= 0.3 is 12.0 Å². The first kappa shape index (κ1) is 17.3. The van der Waals surface area contributed by atoms with Gasteiger partial charge in [0.05, 0.1) is 7.11 Å². The summed E-state index contributed by atoms with van der Waals surface area (Å²) in [6, 6.07) is 9.51. The van der Waals surface area contributed by atoms with E-state index in [9.17, 15) is 9.18 Å². The number of urea groups is 1. The summed E-state index contributed by atoms with van der Waals surface area (Å²) < 4.78 is 18.4. The highest BCUT2D eigenvalue weighted by atomic mass is 19.1. The summed E-state index contributed by atoms with van der Waals surface area (Å²) in [6.45, 7) is 0.0831. The number of anilines is 1. The molecule has 0 saturated heterocycles. The molecule has 0 aliphatic rings. The molecule has 7 nitrogen and oxygen atoms in total. The van der Waals surface area contributed by atoms with Crippen LogP contribution >= 0.6 is 0 Å². The third-order valence-corrected chi connectivity index (χ3v) is 3.55. The van der Waals surface area contributed by atoms with E-state index in [1.807, 2.05) is 0 Å². The number of ether oxygens (including phenoxy) is 1. The lowest BCUT2D eigenvalue weighted by molar-refractivity contribution is 0.251. The molecule has 26 heavy (non-hydrogen) atoms. The zero-order valence-corrected chi connectivity index (χ0v) is 13.9. The Morgan fingerprint density at radius 2 is 1.77 bits per heavy atom. The van der Waals surface area contributed by atoms with Crippen LogP contribution in [0.1, 0.15) is 5.56 Å². The van der Waals surface area contributed by atoms with Crippen LogP contribution in [0.2, 0.25) is 0 Å². The van der Waals surface area contributed by atoms with Crippen LogP contribution < -0.4 is 15.4 Å². The number of halogens is 1. The second kappa shape index (κ2) is 8.02. The van der Waals surface area contributed by atoms with Gasteiger partial charge in [0.1, 0.15) is 11.6 Å². The second-order valence-corrected chi connectivity index (χ2v) is 5.29. The lowest BCUT2D eigenvalue weighted by Crippen LogP contribution is -2.28. The molecule has 1 aromatic carbocycles. The molecule has 2 N–H and O–H groups in total. The van der Waals surface area contributed by atoms with E-state index in [1.165, 1.54) is 13.2 Å². The fraction of sp³-hybridized carbons (Fsp3) is 0.111. The summed E-state index contributed by atoms with van der Waals surface area (Å²) in [5.41, 5.74) is 1.98. The number of aromatic nitrogens is 3. The highest BCUT2D eigenvalue weighted by Gasteiger charge is 2.06. The predicted octanol–water partition coefficient (Wildman–Crippen LogP) is 3.01. The average Bonchev–Trinajstić information content (AvgIpc) is 2.68. The van der Waals surface area contributed by atoms with Crippen LogP contribution in [0.5, 0.6) is 6.01 Å². The van der Waals surface area contributed by atoms with Gasteiger partial charge < -0.3 is 10.1 Å². The third-order valence-electron chi connectivity index (χ3n) is 3.55. The summed E-state index contributed by atoms with van der Waals surface area (Å²) in [6.07, 6.45) is 4.84. The molecule has 0 aliphatic carbocycles. The molecule has 0 atom stereocenters. The van der Waals surface area contributed by atoms with E-state index in [-0.39, 0.29) is 18.4 Å². The Kier molecular flexibility index (Phi) is 5.33. The molecule has 3 rings (SSSR count). The van der Waals surface area contributed by atoms with Crippen LogP contribution in [0.4, 0.5) is 15.0 Å². The molecule has 0 fully saturated rings. The van der Waals surface area contributed by atoms with Crippen molar-refractivity contribution in [2.24, 2.45) is 0 Å². The smallest absolute Gasteiger partial charge is 0.320 e. The normalized spacial score (nSPS) is 10.2. The number of amides is 2. The number of benzene rings is 1. The number of hydrogen-bond acceptors (Lipinski definition) is 5.